The SMILES string of the molecule is CNC(=O)C1CCC(NC(=O)Cn2ccc3cc([N+](=O)[O-])ccc32)CC1. The van der Waals surface area contributed by atoms with Crippen molar-refractivity contribution in [1.82, 2.24) is 15.2 Å². The maximum Gasteiger partial charge on any atom is 0.270 e. The normalized spacial score (nSPS) is 19.9. The number of aromatic nitrogens is 1. The fourth-order valence-electron chi connectivity index (χ4n) is 3.57. The molecule has 1 heterocycles. The van der Waals surface area contributed by atoms with E-state index in [1.807, 2.05) is 0 Å². The summed E-state index contributed by atoms with van der Waals surface area (Å²) in [6.07, 6.45) is 4.91. The van der Waals surface area contributed by atoms with Crippen LogP contribution in [-0.4, -0.2) is 34.4 Å². The van der Waals surface area contributed by atoms with Gasteiger partial charge in [-0.15, -0.1) is 0 Å². The molecule has 0 atom stereocenters. The van der Waals surface area contributed by atoms with Gasteiger partial charge in [0, 0.05) is 48.2 Å². The number of nitrogens with zero attached hydrogens (tertiary/aromatic N) is 2. The number of nitro groups is 1. The van der Waals surface area contributed by atoms with Crippen LogP contribution in [0.3, 0.4) is 0 Å². The van der Waals surface area contributed by atoms with E-state index >= 15 is 0 Å². The number of benzene rings is 1. The molecule has 1 aliphatic carbocycles. The standard InChI is InChI=1S/C18H22N4O4/c1-19-18(24)12-2-4-14(5-3-12)20-17(23)11-21-9-8-13-10-15(22(25)26)6-7-16(13)21/h6-10,12,14H,2-5,11H2,1H3,(H,19,24)(H,20,23). The number of carbonyl (C=O) groups is 2. The summed E-state index contributed by atoms with van der Waals surface area (Å²) < 4.78 is 1.78. The predicted octanol–water partition coefficient (Wildman–Crippen LogP) is 1.97. The maximum atomic E-state index is 12.3. The van der Waals surface area contributed by atoms with Gasteiger partial charge in [0.15, 0.2) is 0 Å². The summed E-state index contributed by atoms with van der Waals surface area (Å²) in [5, 5.41) is 17.3. The minimum absolute atomic E-state index is 0.0348. The number of hydrogen-bond acceptors (Lipinski definition) is 4. The smallest absolute Gasteiger partial charge is 0.270 e. The lowest BCUT2D eigenvalue weighted by molar-refractivity contribution is -0.384. The lowest BCUT2D eigenvalue weighted by Crippen LogP contribution is -2.41. The number of nitrogens with one attached hydrogen (secondary N) is 2. The van der Waals surface area contributed by atoms with Gasteiger partial charge >= 0.3 is 0 Å². The van der Waals surface area contributed by atoms with Gasteiger partial charge < -0.3 is 15.2 Å². The number of nitro benzene ring substituents is 1. The minimum atomic E-state index is -0.432. The summed E-state index contributed by atoms with van der Waals surface area (Å²) in [6, 6.07) is 6.46. The summed E-state index contributed by atoms with van der Waals surface area (Å²) >= 11 is 0. The summed E-state index contributed by atoms with van der Waals surface area (Å²) in [5.41, 5.74) is 0.821. The van der Waals surface area contributed by atoms with Crippen molar-refractivity contribution in [3.63, 3.8) is 0 Å². The van der Waals surface area contributed by atoms with Crippen LogP contribution in [0.5, 0.6) is 0 Å². The molecule has 1 aliphatic rings. The summed E-state index contributed by atoms with van der Waals surface area (Å²) in [6.45, 7) is 0.163. The van der Waals surface area contributed by atoms with Crippen LogP contribution in [0.15, 0.2) is 30.5 Å². The van der Waals surface area contributed by atoms with Crippen molar-refractivity contribution in [2.24, 2.45) is 5.92 Å². The Hall–Kier alpha value is -2.90. The van der Waals surface area contributed by atoms with Crippen molar-refractivity contribution in [3.8, 4) is 0 Å². The first-order chi connectivity index (χ1) is 12.5. The Morgan fingerprint density at radius 3 is 2.62 bits per heavy atom. The van der Waals surface area contributed by atoms with Crippen molar-refractivity contribution in [2.75, 3.05) is 7.05 Å². The van der Waals surface area contributed by atoms with Gasteiger partial charge in [0.25, 0.3) is 5.69 Å². The van der Waals surface area contributed by atoms with E-state index in [9.17, 15) is 19.7 Å². The van der Waals surface area contributed by atoms with Crippen LogP contribution in [-0.2, 0) is 16.1 Å². The highest BCUT2D eigenvalue weighted by atomic mass is 16.6. The van der Waals surface area contributed by atoms with Crippen LogP contribution in [0.25, 0.3) is 10.9 Å². The highest BCUT2D eigenvalue weighted by Gasteiger charge is 2.26. The number of non-ortho nitro benzene ring substituents is 1. The highest BCUT2D eigenvalue weighted by molar-refractivity contribution is 5.85. The van der Waals surface area contributed by atoms with Crippen LogP contribution < -0.4 is 10.6 Å². The van der Waals surface area contributed by atoms with E-state index in [1.54, 1.807) is 29.9 Å². The molecule has 1 saturated carbocycles. The van der Waals surface area contributed by atoms with E-state index in [1.165, 1.54) is 12.1 Å². The molecule has 2 amide bonds. The van der Waals surface area contributed by atoms with Crippen molar-refractivity contribution < 1.29 is 14.5 Å². The predicted molar refractivity (Wildman–Crippen MR) is 96.5 cm³/mol. The molecule has 138 valence electrons. The van der Waals surface area contributed by atoms with Gasteiger partial charge in [-0.2, -0.15) is 0 Å². The van der Waals surface area contributed by atoms with Gasteiger partial charge in [0.1, 0.15) is 6.54 Å². The van der Waals surface area contributed by atoms with Gasteiger partial charge in [-0.25, -0.2) is 0 Å². The summed E-state index contributed by atoms with van der Waals surface area (Å²) in [5.74, 6) is 0.0178. The number of fused-ring (bicyclic) bond motifs is 1. The topological polar surface area (TPSA) is 106 Å². The van der Waals surface area contributed by atoms with Crippen LogP contribution >= 0.6 is 0 Å². The fraction of sp³-hybridized carbons (Fsp3) is 0.444. The molecular weight excluding hydrogens is 336 g/mol. The lowest BCUT2D eigenvalue weighted by atomic mass is 9.85. The second-order valence-corrected chi connectivity index (χ2v) is 6.67. The van der Waals surface area contributed by atoms with Gasteiger partial charge in [-0.3, -0.25) is 19.7 Å². The molecule has 3 rings (SSSR count). The Bertz CT molecular complexity index is 837. The van der Waals surface area contributed by atoms with Crippen molar-refractivity contribution >= 4 is 28.4 Å². The molecule has 0 saturated heterocycles. The molecule has 1 fully saturated rings. The molecular formula is C18H22N4O4. The third-order valence-corrected chi connectivity index (χ3v) is 4.99. The minimum Gasteiger partial charge on any atom is -0.359 e. The Kier molecular flexibility index (Phi) is 5.20. The fourth-order valence-corrected chi connectivity index (χ4v) is 3.57. The van der Waals surface area contributed by atoms with E-state index in [-0.39, 0.29) is 36.0 Å². The monoisotopic (exact) mass is 358 g/mol. The quantitative estimate of drug-likeness (QED) is 0.629. The maximum absolute atomic E-state index is 12.3. The van der Waals surface area contributed by atoms with E-state index in [2.05, 4.69) is 10.6 Å². The number of carbonyl (C=O) groups excluding carboxylic acids is 2. The van der Waals surface area contributed by atoms with Crippen LogP contribution in [0.1, 0.15) is 25.7 Å². The molecule has 1 aromatic carbocycles. The van der Waals surface area contributed by atoms with Crippen LogP contribution in [0.2, 0.25) is 0 Å². The van der Waals surface area contributed by atoms with Gasteiger partial charge in [-0.05, 0) is 37.8 Å². The third kappa shape index (κ3) is 3.84. The molecule has 2 aromatic rings. The Balaban J connectivity index is 1.58. The zero-order valence-electron chi connectivity index (χ0n) is 14.6. The van der Waals surface area contributed by atoms with Crippen molar-refractivity contribution in [3.05, 3.63) is 40.6 Å². The Morgan fingerprint density at radius 2 is 1.96 bits per heavy atom. The first-order valence-corrected chi connectivity index (χ1v) is 8.72. The Morgan fingerprint density at radius 1 is 1.23 bits per heavy atom. The number of hydrogen-bond donors (Lipinski definition) is 2. The molecule has 0 spiro atoms. The van der Waals surface area contributed by atoms with Crippen molar-refractivity contribution in [2.45, 2.75) is 38.3 Å². The van der Waals surface area contributed by atoms with E-state index in [0.29, 0.717) is 0 Å². The van der Waals surface area contributed by atoms with Gasteiger partial charge in [0.2, 0.25) is 11.8 Å². The lowest BCUT2D eigenvalue weighted by Gasteiger charge is -2.28. The van der Waals surface area contributed by atoms with E-state index < -0.39 is 4.92 Å². The van der Waals surface area contributed by atoms with Crippen molar-refractivity contribution in [1.29, 1.82) is 0 Å². The molecule has 0 radical (unpaired) electrons. The Labute approximate surface area is 150 Å². The average Bonchev–Trinajstić information content (AvgIpc) is 3.03. The molecule has 26 heavy (non-hydrogen) atoms. The zero-order chi connectivity index (χ0) is 18.7. The van der Waals surface area contributed by atoms with Gasteiger partial charge in [-0.1, -0.05) is 0 Å². The molecule has 0 aliphatic heterocycles. The van der Waals surface area contributed by atoms with E-state index in [0.717, 1.165) is 36.6 Å². The molecule has 8 heteroatoms. The first kappa shape index (κ1) is 17.9. The largest absolute Gasteiger partial charge is 0.359 e. The average molecular weight is 358 g/mol. The molecule has 2 N–H and O–H groups in total. The molecule has 0 bridgehead atoms. The summed E-state index contributed by atoms with van der Waals surface area (Å²) in [7, 11) is 1.65. The van der Waals surface area contributed by atoms with E-state index in [4.69, 9.17) is 0 Å². The molecule has 1 aromatic heterocycles. The van der Waals surface area contributed by atoms with Crippen LogP contribution in [0.4, 0.5) is 5.69 Å². The highest BCUT2D eigenvalue weighted by Crippen LogP contribution is 2.25. The third-order valence-electron chi connectivity index (χ3n) is 4.99. The summed E-state index contributed by atoms with van der Waals surface area (Å²) in [4.78, 5) is 34.4. The first-order valence-electron chi connectivity index (χ1n) is 8.72. The molecule has 0 unspecified atom stereocenters. The second-order valence-electron chi connectivity index (χ2n) is 6.67. The van der Waals surface area contributed by atoms with Gasteiger partial charge in [0.05, 0.1) is 4.92 Å². The number of rotatable bonds is 5. The molecule has 8 nitrogen and oxygen atoms in total. The zero-order valence-corrected chi connectivity index (χ0v) is 14.6. The number of amides is 2. The van der Waals surface area contributed by atoms with Crippen LogP contribution in [0, 0.1) is 16.0 Å². The second kappa shape index (κ2) is 7.55.